The third-order valence-electron chi connectivity index (χ3n) is 6.92. The van der Waals surface area contributed by atoms with E-state index >= 15 is 0 Å². The highest BCUT2D eigenvalue weighted by Crippen LogP contribution is 2.43. The van der Waals surface area contributed by atoms with Crippen LogP contribution in [0.4, 0.5) is 0 Å². The molecule has 0 fully saturated rings. The van der Waals surface area contributed by atoms with Gasteiger partial charge in [-0.25, -0.2) is 4.99 Å². The highest BCUT2D eigenvalue weighted by atomic mass is 79.9. The molecule has 0 bridgehead atoms. The van der Waals surface area contributed by atoms with E-state index in [1.54, 1.807) is 6.07 Å². The maximum Gasteiger partial charge on any atom is 0.252 e. The molecule has 2 atom stereocenters. The number of carbonyl (C=O) groups is 1. The second kappa shape index (κ2) is 13.3. The molecule has 1 aliphatic rings. The molecule has 0 saturated heterocycles. The van der Waals surface area contributed by atoms with Gasteiger partial charge in [0.05, 0.1) is 6.61 Å². The second-order valence-corrected chi connectivity index (χ2v) is 11.1. The monoisotopic (exact) mass is 632 g/mol. The van der Waals surface area contributed by atoms with E-state index in [1.165, 1.54) is 0 Å². The number of hydrogen-bond donors (Lipinski definition) is 2. The Bertz CT molecular complexity index is 1500. The van der Waals surface area contributed by atoms with Gasteiger partial charge in [0.1, 0.15) is 5.75 Å². The minimum absolute atomic E-state index is 0.0716. The minimum atomic E-state index is -1.29. The lowest BCUT2D eigenvalue weighted by Crippen LogP contribution is -2.49. The first kappa shape index (κ1) is 28.9. The molecular formula is C33H30BrClN2O4. The van der Waals surface area contributed by atoms with Crippen molar-refractivity contribution in [1.82, 2.24) is 5.32 Å². The van der Waals surface area contributed by atoms with Gasteiger partial charge in [0.15, 0.2) is 11.6 Å². The Labute approximate surface area is 253 Å². The number of carbonyl (C=O) groups excluding carboxylic acids is 1. The molecule has 4 aromatic carbocycles. The molecule has 4 aromatic rings. The SMILES string of the molecule is O=C(NCc1ccccc1Cl)[C@]1(Cc2ccccc2)N=C(c2ccc(OCCCO)cc2)O[C@@H]1c1ccc(Br)cc1. The highest BCUT2D eigenvalue weighted by molar-refractivity contribution is 9.10. The highest BCUT2D eigenvalue weighted by Gasteiger charge is 2.53. The van der Waals surface area contributed by atoms with E-state index in [0.717, 1.165) is 26.7 Å². The van der Waals surface area contributed by atoms with Gasteiger partial charge < -0.3 is 19.9 Å². The Morgan fingerprint density at radius 1 is 0.976 bits per heavy atom. The predicted molar refractivity (Wildman–Crippen MR) is 164 cm³/mol. The molecule has 2 N–H and O–H groups in total. The van der Waals surface area contributed by atoms with Crippen molar-refractivity contribution in [2.24, 2.45) is 4.99 Å². The zero-order chi connectivity index (χ0) is 28.7. The van der Waals surface area contributed by atoms with Gasteiger partial charge in [-0.2, -0.15) is 0 Å². The topological polar surface area (TPSA) is 80.2 Å². The van der Waals surface area contributed by atoms with Crippen LogP contribution < -0.4 is 10.1 Å². The Kier molecular flexibility index (Phi) is 9.39. The maximum atomic E-state index is 14.3. The summed E-state index contributed by atoms with van der Waals surface area (Å²) in [6, 6.07) is 32.5. The lowest BCUT2D eigenvalue weighted by atomic mass is 9.82. The van der Waals surface area contributed by atoms with Crippen molar-refractivity contribution in [3.63, 3.8) is 0 Å². The summed E-state index contributed by atoms with van der Waals surface area (Å²) in [4.78, 5) is 19.4. The molecule has 5 rings (SSSR count). The van der Waals surface area contributed by atoms with E-state index in [0.29, 0.717) is 36.1 Å². The third-order valence-corrected chi connectivity index (χ3v) is 7.81. The fourth-order valence-corrected chi connectivity index (χ4v) is 5.26. The lowest BCUT2D eigenvalue weighted by Gasteiger charge is -2.31. The van der Waals surface area contributed by atoms with Crippen LogP contribution in [0.25, 0.3) is 0 Å². The summed E-state index contributed by atoms with van der Waals surface area (Å²) in [7, 11) is 0. The fraction of sp³-hybridized carbons (Fsp3) is 0.212. The number of aliphatic imine (C=N–C) groups is 1. The molecule has 0 radical (unpaired) electrons. The summed E-state index contributed by atoms with van der Waals surface area (Å²) >= 11 is 9.91. The zero-order valence-electron chi connectivity index (χ0n) is 22.3. The Morgan fingerprint density at radius 3 is 2.39 bits per heavy atom. The number of nitrogens with one attached hydrogen (secondary N) is 1. The Hall–Kier alpha value is -3.65. The summed E-state index contributed by atoms with van der Waals surface area (Å²) in [6.07, 6.45) is 0.199. The summed E-state index contributed by atoms with van der Waals surface area (Å²) in [5.74, 6) is 0.801. The summed E-state index contributed by atoms with van der Waals surface area (Å²) in [5.41, 5.74) is 2.05. The summed E-state index contributed by atoms with van der Waals surface area (Å²) < 4.78 is 13.2. The predicted octanol–water partition coefficient (Wildman–Crippen LogP) is 6.68. The molecule has 1 heterocycles. The van der Waals surface area contributed by atoms with Crippen molar-refractivity contribution in [3.05, 3.63) is 135 Å². The van der Waals surface area contributed by atoms with Gasteiger partial charge in [-0.05, 0) is 59.2 Å². The van der Waals surface area contributed by atoms with Crippen LogP contribution in [0.15, 0.2) is 113 Å². The van der Waals surface area contributed by atoms with E-state index in [2.05, 4.69) is 21.2 Å². The summed E-state index contributed by atoms with van der Waals surface area (Å²) in [5, 5.41) is 12.7. The second-order valence-electron chi connectivity index (χ2n) is 9.78. The van der Waals surface area contributed by atoms with Crippen molar-refractivity contribution in [1.29, 1.82) is 0 Å². The van der Waals surface area contributed by atoms with Crippen LogP contribution in [0.1, 0.15) is 34.8 Å². The van der Waals surface area contributed by atoms with E-state index in [4.69, 9.17) is 31.2 Å². The average Bonchev–Trinajstić information content (AvgIpc) is 3.38. The van der Waals surface area contributed by atoms with Crippen molar-refractivity contribution >= 4 is 39.3 Å². The van der Waals surface area contributed by atoms with Gasteiger partial charge in [0, 0.05) is 41.1 Å². The van der Waals surface area contributed by atoms with Crippen molar-refractivity contribution in [2.75, 3.05) is 13.2 Å². The number of hydrogen-bond acceptors (Lipinski definition) is 5. The first-order valence-electron chi connectivity index (χ1n) is 13.4. The molecule has 0 saturated carbocycles. The Morgan fingerprint density at radius 2 is 1.68 bits per heavy atom. The number of ether oxygens (including phenoxy) is 2. The van der Waals surface area contributed by atoms with Gasteiger partial charge in [-0.3, -0.25) is 4.79 Å². The van der Waals surface area contributed by atoms with Gasteiger partial charge in [0.25, 0.3) is 5.91 Å². The van der Waals surface area contributed by atoms with E-state index < -0.39 is 11.6 Å². The van der Waals surface area contributed by atoms with Crippen molar-refractivity contribution in [2.45, 2.75) is 31.0 Å². The fourth-order valence-electron chi connectivity index (χ4n) is 4.80. The number of halogens is 2. The summed E-state index contributed by atoms with van der Waals surface area (Å²) in [6.45, 7) is 0.750. The van der Waals surface area contributed by atoms with Crippen LogP contribution >= 0.6 is 27.5 Å². The molecule has 0 unspecified atom stereocenters. The molecule has 1 amide bonds. The maximum absolute atomic E-state index is 14.3. The number of benzene rings is 4. The van der Waals surface area contributed by atoms with Crippen LogP contribution in [-0.4, -0.2) is 35.7 Å². The average molecular weight is 634 g/mol. The standard InChI is InChI=1S/C33H30BrClN2O4/c34-27-15-11-24(12-16-27)30-33(21-23-7-2-1-3-8-23,32(39)36-22-26-9-4-5-10-29(26)35)37-31(41-30)25-13-17-28(18-14-25)40-20-6-19-38/h1-5,7-18,30,38H,6,19-22H2,(H,36,39)/t30-,33-/m1/s1. The first-order chi connectivity index (χ1) is 20.0. The van der Waals surface area contributed by atoms with Crippen LogP contribution in [0.5, 0.6) is 5.75 Å². The largest absolute Gasteiger partial charge is 0.494 e. The third kappa shape index (κ3) is 6.81. The minimum Gasteiger partial charge on any atom is -0.494 e. The van der Waals surface area contributed by atoms with Gasteiger partial charge in [-0.1, -0.05) is 88.2 Å². The van der Waals surface area contributed by atoms with E-state index in [1.807, 2.05) is 97.1 Å². The molecular weight excluding hydrogens is 604 g/mol. The van der Waals surface area contributed by atoms with Crippen LogP contribution in [0, 0.1) is 0 Å². The lowest BCUT2D eigenvalue weighted by molar-refractivity contribution is -0.129. The number of nitrogens with zero attached hydrogens (tertiary/aromatic N) is 1. The Balaban J connectivity index is 1.54. The molecule has 210 valence electrons. The molecule has 0 spiro atoms. The molecule has 0 aliphatic carbocycles. The van der Waals surface area contributed by atoms with Crippen LogP contribution in [-0.2, 0) is 22.5 Å². The number of aliphatic hydroxyl groups is 1. The molecule has 0 aromatic heterocycles. The van der Waals surface area contributed by atoms with Crippen LogP contribution in [0.3, 0.4) is 0 Å². The normalized spacial score (nSPS) is 17.9. The van der Waals surface area contributed by atoms with Gasteiger partial charge in [0.2, 0.25) is 5.90 Å². The van der Waals surface area contributed by atoms with Gasteiger partial charge >= 0.3 is 0 Å². The smallest absolute Gasteiger partial charge is 0.252 e. The first-order valence-corrected chi connectivity index (χ1v) is 14.6. The molecule has 1 aliphatic heterocycles. The zero-order valence-corrected chi connectivity index (χ0v) is 24.6. The molecule has 41 heavy (non-hydrogen) atoms. The molecule has 6 nitrogen and oxygen atoms in total. The number of rotatable bonds is 11. The van der Waals surface area contributed by atoms with Crippen molar-refractivity contribution < 1.29 is 19.4 Å². The quantitative estimate of drug-likeness (QED) is 0.181. The number of aliphatic hydroxyl groups excluding tert-OH is 1. The van der Waals surface area contributed by atoms with Crippen LogP contribution in [0.2, 0.25) is 5.02 Å². The van der Waals surface area contributed by atoms with E-state index in [-0.39, 0.29) is 19.1 Å². The number of amides is 1. The van der Waals surface area contributed by atoms with Crippen molar-refractivity contribution in [3.8, 4) is 5.75 Å². The van der Waals surface area contributed by atoms with E-state index in [9.17, 15) is 4.79 Å². The van der Waals surface area contributed by atoms with Gasteiger partial charge in [-0.15, -0.1) is 0 Å². The molecule has 8 heteroatoms.